The van der Waals surface area contributed by atoms with E-state index >= 15 is 0 Å². The van der Waals surface area contributed by atoms with Gasteiger partial charge in [-0.25, -0.2) is 5.43 Å². The predicted octanol–water partition coefficient (Wildman–Crippen LogP) is 2.74. The minimum atomic E-state index is -0.228. The molecule has 0 aromatic carbocycles. The van der Waals surface area contributed by atoms with Crippen molar-refractivity contribution in [3.05, 3.63) is 23.7 Å². The molecule has 0 aliphatic carbocycles. The summed E-state index contributed by atoms with van der Waals surface area (Å²) in [5.41, 5.74) is 3.99. The molecule has 0 saturated carbocycles. The molecule has 0 unspecified atom stereocenters. The van der Waals surface area contributed by atoms with Crippen LogP contribution < -0.4 is 5.43 Å². The fraction of sp³-hybridized carbons (Fsp3) is 0.500. The van der Waals surface area contributed by atoms with Crippen molar-refractivity contribution in [3.63, 3.8) is 0 Å². The van der Waals surface area contributed by atoms with E-state index in [1.807, 2.05) is 6.92 Å². The summed E-state index contributed by atoms with van der Waals surface area (Å²) in [6.45, 7) is 7.83. The number of carbonyl (C=O) groups excluding carboxylic acids is 1. The topological polar surface area (TPSA) is 54.6 Å². The van der Waals surface area contributed by atoms with Crippen LogP contribution in [0.5, 0.6) is 0 Å². The number of amides is 1. The summed E-state index contributed by atoms with van der Waals surface area (Å²) in [6.07, 6.45) is 2.51. The number of nitrogens with one attached hydrogen (secondary N) is 1. The Hall–Kier alpha value is -1.58. The summed E-state index contributed by atoms with van der Waals surface area (Å²) in [4.78, 5) is 11.7. The van der Waals surface area contributed by atoms with Crippen molar-refractivity contribution in [1.82, 2.24) is 5.43 Å². The number of carbonyl (C=O) groups is 1. The number of hydrogen-bond donors (Lipinski definition) is 1. The highest BCUT2D eigenvalue weighted by Crippen LogP contribution is 2.08. The van der Waals surface area contributed by atoms with Crippen molar-refractivity contribution in [2.75, 3.05) is 0 Å². The van der Waals surface area contributed by atoms with Gasteiger partial charge in [0.15, 0.2) is 0 Å². The van der Waals surface area contributed by atoms with Gasteiger partial charge in [-0.1, -0.05) is 13.8 Å². The minimum Gasteiger partial charge on any atom is -0.469 e. The third-order valence-electron chi connectivity index (χ3n) is 2.76. The first-order chi connectivity index (χ1) is 7.56. The summed E-state index contributed by atoms with van der Waals surface area (Å²) in [5.74, 6) is 0.758. The molecule has 1 rings (SSSR count). The number of furan rings is 1. The van der Waals surface area contributed by atoms with Crippen LogP contribution in [0.3, 0.4) is 0 Å². The molecule has 0 bridgehead atoms. The molecule has 16 heavy (non-hydrogen) atoms. The van der Waals surface area contributed by atoms with E-state index in [9.17, 15) is 4.79 Å². The highest BCUT2D eigenvalue weighted by atomic mass is 16.3. The lowest BCUT2D eigenvalue weighted by Gasteiger charge is -2.07. The average Bonchev–Trinajstić information content (AvgIpc) is 2.70. The van der Waals surface area contributed by atoms with Gasteiger partial charge < -0.3 is 4.42 Å². The van der Waals surface area contributed by atoms with Crippen LogP contribution in [0.25, 0.3) is 0 Å². The van der Waals surface area contributed by atoms with Crippen molar-refractivity contribution >= 4 is 11.6 Å². The molecular formula is C12H18N2O2. The summed E-state index contributed by atoms with van der Waals surface area (Å²) in [5, 5.41) is 4.07. The van der Waals surface area contributed by atoms with E-state index in [0.717, 1.165) is 12.1 Å². The van der Waals surface area contributed by atoms with Gasteiger partial charge in [-0.3, -0.25) is 4.79 Å². The van der Waals surface area contributed by atoms with Gasteiger partial charge in [-0.15, -0.1) is 0 Å². The second-order valence-corrected chi connectivity index (χ2v) is 3.89. The van der Waals surface area contributed by atoms with Crippen molar-refractivity contribution in [2.45, 2.75) is 34.1 Å². The molecule has 0 aliphatic heterocycles. The maximum Gasteiger partial charge on any atom is 0.274 e. The summed E-state index contributed by atoms with van der Waals surface area (Å²) in [6, 6.07) is 1.64. The van der Waals surface area contributed by atoms with Gasteiger partial charge in [0.1, 0.15) is 5.76 Å². The molecule has 1 atom stereocenters. The largest absolute Gasteiger partial charge is 0.469 e. The Labute approximate surface area is 95.7 Å². The second-order valence-electron chi connectivity index (χ2n) is 3.89. The van der Waals surface area contributed by atoms with E-state index in [1.165, 1.54) is 6.26 Å². The number of nitrogens with zero attached hydrogens (tertiary/aromatic N) is 1. The Morgan fingerprint density at radius 1 is 1.62 bits per heavy atom. The van der Waals surface area contributed by atoms with Crippen LogP contribution in [0.4, 0.5) is 0 Å². The summed E-state index contributed by atoms with van der Waals surface area (Å²) >= 11 is 0. The number of aryl methyl sites for hydroxylation is 1. The van der Waals surface area contributed by atoms with Gasteiger partial charge in [0.25, 0.3) is 5.91 Å². The van der Waals surface area contributed by atoms with Crippen molar-refractivity contribution in [2.24, 2.45) is 11.0 Å². The SMILES string of the molecule is CC[C@@H](C)/C(C)=N\NC(=O)c1ccoc1C. The van der Waals surface area contributed by atoms with Gasteiger partial charge in [-0.05, 0) is 32.3 Å². The van der Waals surface area contributed by atoms with Gasteiger partial charge in [0.2, 0.25) is 0 Å². The van der Waals surface area contributed by atoms with Crippen LogP contribution in [0.1, 0.15) is 43.3 Å². The monoisotopic (exact) mass is 222 g/mol. The lowest BCUT2D eigenvalue weighted by Crippen LogP contribution is -2.21. The average molecular weight is 222 g/mol. The van der Waals surface area contributed by atoms with Crippen LogP contribution in [-0.2, 0) is 0 Å². The molecule has 0 saturated heterocycles. The Bertz CT molecular complexity index is 393. The van der Waals surface area contributed by atoms with Gasteiger partial charge in [0.05, 0.1) is 11.8 Å². The van der Waals surface area contributed by atoms with E-state index < -0.39 is 0 Å². The zero-order valence-corrected chi connectivity index (χ0v) is 10.2. The Balaban J connectivity index is 2.63. The maximum absolute atomic E-state index is 11.7. The van der Waals surface area contributed by atoms with Crippen LogP contribution >= 0.6 is 0 Å². The standard InChI is InChI=1S/C12H18N2O2/c1-5-8(2)9(3)13-14-12(15)11-6-7-16-10(11)4/h6-8H,5H2,1-4H3,(H,14,15)/b13-9-/t8-/m1/s1. The van der Waals surface area contributed by atoms with Crippen molar-refractivity contribution < 1.29 is 9.21 Å². The number of rotatable bonds is 4. The fourth-order valence-electron chi connectivity index (χ4n) is 1.23. The minimum absolute atomic E-state index is 0.228. The predicted molar refractivity (Wildman–Crippen MR) is 63.5 cm³/mol. The second kappa shape index (κ2) is 5.49. The molecule has 0 spiro atoms. The summed E-state index contributed by atoms with van der Waals surface area (Å²) < 4.78 is 5.05. The molecule has 0 fully saturated rings. The smallest absolute Gasteiger partial charge is 0.274 e. The molecule has 1 aromatic rings. The normalized spacial score (nSPS) is 13.6. The first kappa shape index (κ1) is 12.5. The fourth-order valence-corrected chi connectivity index (χ4v) is 1.23. The Morgan fingerprint density at radius 2 is 2.31 bits per heavy atom. The first-order valence-corrected chi connectivity index (χ1v) is 5.44. The molecule has 1 heterocycles. The highest BCUT2D eigenvalue weighted by Gasteiger charge is 2.11. The molecule has 88 valence electrons. The van der Waals surface area contributed by atoms with Crippen molar-refractivity contribution in [1.29, 1.82) is 0 Å². The Kier molecular flexibility index (Phi) is 4.28. The van der Waals surface area contributed by atoms with Crippen LogP contribution in [0.15, 0.2) is 21.8 Å². The molecule has 4 heteroatoms. The highest BCUT2D eigenvalue weighted by molar-refractivity contribution is 5.96. The third-order valence-corrected chi connectivity index (χ3v) is 2.76. The van der Waals surface area contributed by atoms with E-state index in [1.54, 1.807) is 13.0 Å². The van der Waals surface area contributed by atoms with Crippen molar-refractivity contribution in [3.8, 4) is 0 Å². The van der Waals surface area contributed by atoms with Crippen LogP contribution in [0, 0.1) is 12.8 Å². The zero-order chi connectivity index (χ0) is 12.1. The molecule has 1 aromatic heterocycles. The molecule has 1 N–H and O–H groups in total. The van der Waals surface area contributed by atoms with Crippen LogP contribution in [-0.4, -0.2) is 11.6 Å². The Morgan fingerprint density at radius 3 is 2.81 bits per heavy atom. The van der Waals surface area contributed by atoms with E-state index in [-0.39, 0.29) is 5.91 Å². The summed E-state index contributed by atoms with van der Waals surface area (Å²) in [7, 11) is 0. The quantitative estimate of drug-likeness (QED) is 0.629. The third kappa shape index (κ3) is 2.95. The van der Waals surface area contributed by atoms with E-state index in [0.29, 0.717) is 17.2 Å². The molecule has 4 nitrogen and oxygen atoms in total. The zero-order valence-electron chi connectivity index (χ0n) is 10.2. The van der Waals surface area contributed by atoms with Gasteiger partial charge in [-0.2, -0.15) is 5.10 Å². The molecule has 0 aliphatic rings. The van der Waals surface area contributed by atoms with Gasteiger partial charge >= 0.3 is 0 Å². The first-order valence-electron chi connectivity index (χ1n) is 5.44. The lowest BCUT2D eigenvalue weighted by atomic mass is 10.1. The molecule has 0 radical (unpaired) electrons. The number of hydrazone groups is 1. The molecular weight excluding hydrogens is 204 g/mol. The molecule has 1 amide bonds. The number of hydrogen-bond acceptors (Lipinski definition) is 3. The van der Waals surface area contributed by atoms with E-state index in [4.69, 9.17) is 4.42 Å². The maximum atomic E-state index is 11.7. The lowest BCUT2D eigenvalue weighted by molar-refractivity contribution is 0.0953. The van der Waals surface area contributed by atoms with E-state index in [2.05, 4.69) is 24.4 Å². The van der Waals surface area contributed by atoms with Crippen LogP contribution in [0.2, 0.25) is 0 Å². The van der Waals surface area contributed by atoms with Gasteiger partial charge in [0, 0.05) is 5.71 Å².